The Morgan fingerprint density at radius 3 is 2.56 bits per heavy atom. The van der Waals surface area contributed by atoms with E-state index in [0.717, 1.165) is 0 Å². The van der Waals surface area contributed by atoms with Crippen LogP contribution < -0.4 is 4.72 Å². The van der Waals surface area contributed by atoms with Crippen molar-refractivity contribution in [3.8, 4) is 0 Å². The van der Waals surface area contributed by atoms with Gasteiger partial charge in [0.25, 0.3) is 0 Å². The van der Waals surface area contributed by atoms with Gasteiger partial charge in [0.1, 0.15) is 4.90 Å². The average Bonchev–Trinajstić information content (AvgIpc) is 2.25. The summed E-state index contributed by atoms with van der Waals surface area (Å²) >= 11 is 5.79. The molecule has 1 aromatic rings. The predicted octanol–water partition coefficient (Wildman–Crippen LogP) is 1.39. The number of sulfonamides is 1. The zero-order valence-electron chi connectivity index (χ0n) is 8.69. The van der Waals surface area contributed by atoms with E-state index in [-0.39, 0.29) is 16.5 Å². The Morgan fingerprint density at radius 1 is 1.25 bits per heavy atom. The van der Waals surface area contributed by atoms with Crippen molar-refractivity contribution in [2.45, 2.75) is 17.7 Å². The summed E-state index contributed by atoms with van der Waals surface area (Å²) in [6, 6.07) is 6.28. The highest BCUT2D eigenvalue weighted by Crippen LogP contribution is 2.19. The van der Waals surface area contributed by atoms with Crippen molar-refractivity contribution in [1.82, 2.24) is 4.72 Å². The number of rotatable bonds is 6. The molecule has 0 saturated carbocycles. The first-order valence-electron chi connectivity index (χ1n) is 4.93. The molecule has 0 atom stereocenters. The van der Waals surface area contributed by atoms with Crippen molar-refractivity contribution in [2.24, 2.45) is 0 Å². The molecular weight excluding hydrogens is 250 g/mol. The normalized spacial score (nSPS) is 11.6. The summed E-state index contributed by atoms with van der Waals surface area (Å²) in [6.45, 7) is 0.363. The fourth-order valence-corrected chi connectivity index (χ4v) is 2.78. The molecule has 0 radical (unpaired) electrons. The van der Waals surface area contributed by atoms with E-state index in [4.69, 9.17) is 16.7 Å². The van der Waals surface area contributed by atoms with E-state index in [1.807, 2.05) is 0 Å². The van der Waals surface area contributed by atoms with Crippen molar-refractivity contribution < 1.29 is 13.5 Å². The maximum absolute atomic E-state index is 11.8. The molecule has 0 fully saturated rings. The highest BCUT2D eigenvalue weighted by atomic mass is 35.5. The number of halogens is 1. The Balaban J connectivity index is 2.68. The Kier molecular flexibility index (Phi) is 5.21. The zero-order chi connectivity index (χ0) is 12.0. The van der Waals surface area contributed by atoms with Crippen molar-refractivity contribution in [3.05, 3.63) is 29.3 Å². The van der Waals surface area contributed by atoms with Crippen LogP contribution in [0.3, 0.4) is 0 Å². The summed E-state index contributed by atoms with van der Waals surface area (Å²) in [4.78, 5) is 0.0839. The minimum atomic E-state index is -3.53. The van der Waals surface area contributed by atoms with Gasteiger partial charge in [-0.05, 0) is 25.0 Å². The lowest BCUT2D eigenvalue weighted by Crippen LogP contribution is -2.25. The van der Waals surface area contributed by atoms with Gasteiger partial charge in [-0.15, -0.1) is 0 Å². The van der Waals surface area contributed by atoms with Crippen LogP contribution in [0.15, 0.2) is 29.2 Å². The first-order valence-corrected chi connectivity index (χ1v) is 6.79. The lowest BCUT2D eigenvalue weighted by Gasteiger charge is -2.07. The van der Waals surface area contributed by atoms with Gasteiger partial charge in [0.05, 0.1) is 5.02 Å². The lowest BCUT2D eigenvalue weighted by molar-refractivity contribution is 0.285. The second-order valence-electron chi connectivity index (χ2n) is 3.26. The molecule has 0 aliphatic rings. The van der Waals surface area contributed by atoms with Gasteiger partial charge in [-0.25, -0.2) is 13.1 Å². The van der Waals surface area contributed by atoms with Crippen LogP contribution in [0.25, 0.3) is 0 Å². The molecule has 90 valence electrons. The molecule has 1 aromatic carbocycles. The van der Waals surface area contributed by atoms with Gasteiger partial charge in [-0.2, -0.15) is 0 Å². The van der Waals surface area contributed by atoms with Crippen molar-refractivity contribution in [1.29, 1.82) is 0 Å². The van der Waals surface area contributed by atoms with Crippen LogP contribution in [-0.4, -0.2) is 26.7 Å². The molecule has 0 bridgehead atoms. The van der Waals surface area contributed by atoms with Crippen LogP contribution in [0.1, 0.15) is 12.8 Å². The highest BCUT2D eigenvalue weighted by Gasteiger charge is 2.15. The molecule has 1 rings (SSSR count). The van der Waals surface area contributed by atoms with Gasteiger partial charge in [0.15, 0.2) is 0 Å². The highest BCUT2D eigenvalue weighted by molar-refractivity contribution is 7.89. The molecule has 16 heavy (non-hydrogen) atoms. The summed E-state index contributed by atoms with van der Waals surface area (Å²) in [5.74, 6) is 0. The first kappa shape index (κ1) is 13.4. The van der Waals surface area contributed by atoms with E-state index >= 15 is 0 Å². The minimum absolute atomic E-state index is 0.0633. The molecule has 0 saturated heterocycles. The van der Waals surface area contributed by atoms with Crippen LogP contribution in [0, 0.1) is 0 Å². The molecule has 0 aliphatic heterocycles. The molecule has 4 nitrogen and oxygen atoms in total. The first-order chi connectivity index (χ1) is 7.58. The van der Waals surface area contributed by atoms with Crippen LogP contribution in [0.2, 0.25) is 5.02 Å². The maximum Gasteiger partial charge on any atom is 0.242 e. The molecule has 6 heteroatoms. The van der Waals surface area contributed by atoms with Gasteiger partial charge in [-0.1, -0.05) is 23.7 Å². The van der Waals surface area contributed by atoms with E-state index in [9.17, 15) is 8.42 Å². The molecule has 0 heterocycles. The fraction of sp³-hybridized carbons (Fsp3) is 0.400. The van der Waals surface area contributed by atoms with Gasteiger partial charge in [0.2, 0.25) is 10.0 Å². The standard InChI is InChI=1S/C10H14ClNO3S/c11-9-5-1-2-6-10(9)16(14,15)12-7-3-4-8-13/h1-2,5-6,12-13H,3-4,7-8H2. The molecule has 0 amide bonds. The van der Waals surface area contributed by atoms with E-state index in [0.29, 0.717) is 19.4 Å². The van der Waals surface area contributed by atoms with Crippen molar-refractivity contribution in [3.63, 3.8) is 0 Å². The minimum Gasteiger partial charge on any atom is -0.396 e. The van der Waals surface area contributed by atoms with Crippen LogP contribution in [0.5, 0.6) is 0 Å². The number of unbranched alkanes of at least 4 members (excludes halogenated alkanes) is 1. The summed E-state index contributed by atoms with van der Waals surface area (Å²) < 4.78 is 25.9. The number of aliphatic hydroxyl groups is 1. The Labute approximate surface area is 100 Å². The number of benzene rings is 1. The Morgan fingerprint density at radius 2 is 1.94 bits per heavy atom. The van der Waals surface area contributed by atoms with Crippen LogP contribution in [-0.2, 0) is 10.0 Å². The molecule has 0 aliphatic carbocycles. The summed E-state index contributed by atoms with van der Waals surface area (Å²) in [5, 5.41) is 8.76. The van der Waals surface area contributed by atoms with Crippen LogP contribution >= 0.6 is 11.6 Å². The number of hydrogen-bond acceptors (Lipinski definition) is 3. The summed E-state index contributed by atoms with van der Waals surface area (Å²) in [6.07, 6.45) is 1.17. The molecule has 0 unspecified atom stereocenters. The second-order valence-corrected chi connectivity index (χ2v) is 5.40. The van der Waals surface area contributed by atoms with Gasteiger partial charge in [0, 0.05) is 13.2 Å². The predicted molar refractivity (Wildman–Crippen MR) is 63.0 cm³/mol. The molecule has 0 aromatic heterocycles. The average molecular weight is 264 g/mol. The topological polar surface area (TPSA) is 66.4 Å². The van der Waals surface area contributed by atoms with E-state index in [1.165, 1.54) is 12.1 Å². The van der Waals surface area contributed by atoms with Crippen LogP contribution in [0.4, 0.5) is 0 Å². The van der Waals surface area contributed by atoms with Crippen molar-refractivity contribution in [2.75, 3.05) is 13.2 Å². The number of hydrogen-bond donors (Lipinski definition) is 2. The molecular formula is C10H14ClNO3S. The van der Waals surface area contributed by atoms with E-state index in [2.05, 4.69) is 4.72 Å². The monoisotopic (exact) mass is 263 g/mol. The molecule has 0 spiro atoms. The SMILES string of the molecule is O=S(=O)(NCCCCO)c1ccccc1Cl. The quantitative estimate of drug-likeness (QED) is 0.763. The smallest absolute Gasteiger partial charge is 0.242 e. The van der Waals surface area contributed by atoms with Gasteiger partial charge in [-0.3, -0.25) is 0 Å². The molecule has 2 N–H and O–H groups in total. The van der Waals surface area contributed by atoms with E-state index < -0.39 is 10.0 Å². The van der Waals surface area contributed by atoms with Crippen molar-refractivity contribution >= 4 is 21.6 Å². The van der Waals surface area contributed by atoms with E-state index in [1.54, 1.807) is 12.1 Å². The van der Waals surface area contributed by atoms with Gasteiger partial charge < -0.3 is 5.11 Å². The second kappa shape index (κ2) is 6.20. The largest absolute Gasteiger partial charge is 0.396 e. The maximum atomic E-state index is 11.8. The summed E-state index contributed by atoms with van der Waals surface area (Å²) in [7, 11) is -3.53. The lowest BCUT2D eigenvalue weighted by atomic mass is 10.3. The third-order valence-corrected chi connectivity index (χ3v) is 3.96. The Bertz CT molecular complexity index is 433. The summed E-state index contributed by atoms with van der Waals surface area (Å²) in [5.41, 5.74) is 0. The number of nitrogens with one attached hydrogen (secondary N) is 1. The fourth-order valence-electron chi connectivity index (χ4n) is 1.18. The zero-order valence-corrected chi connectivity index (χ0v) is 10.3. The third-order valence-electron chi connectivity index (χ3n) is 2.00. The number of aliphatic hydroxyl groups excluding tert-OH is 1. The third kappa shape index (κ3) is 3.75. The van der Waals surface area contributed by atoms with Gasteiger partial charge >= 0.3 is 0 Å². The Hall–Kier alpha value is -0.620.